The van der Waals surface area contributed by atoms with Crippen molar-refractivity contribution >= 4 is 28.6 Å². The fourth-order valence-corrected chi connectivity index (χ4v) is 3.78. The molecule has 0 fully saturated rings. The van der Waals surface area contributed by atoms with Gasteiger partial charge >= 0.3 is 0 Å². The minimum Gasteiger partial charge on any atom is -0.496 e. The molecule has 6 nitrogen and oxygen atoms in total. The molecule has 7 heteroatoms. The molecule has 0 radical (unpaired) electrons. The van der Waals surface area contributed by atoms with E-state index in [1.165, 1.54) is 0 Å². The number of nitrogens with two attached hydrogens (primary N) is 1. The van der Waals surface area contributed by atoms with E-state index in [2.05, 4.69) is 15.0 Å². The van der Waals surface area contributed by atoms with Crippen LogP contribution in [-0.2, 0) is 6.54 Å². The van der Waals surface area contributed by atoms with E-state index in [9.17, 15) is 0 Å². The summed E-state index contributed by atoms with van der Waals surface area (Å²) in [6.45, 7) is 4.50. The summed E-state index contributed by atoms with van der Waals surface area (Å²) in [5, 5.41) is 1.12. The van der Waals surface area contributed by atoms with Crippen LogP contribution >= 0.6 is 11.6 Å². The normalized spacial score (nSPS) is 11.1. The Bertz CT molecular complexity index is 1170. The maximum absolute atomic E-state index is 6.45. The predicted octanol–water partition coefficient (Wildman–Crippen LogP) is 4.40. The lowest BCUT2D eigenvalue weighted by Crippen LogP contribution is -2.07. The van der Waals surface area contributed by atoms with E-state index >= 15 is 0 Å². The highest BCUT2D eigenvalue weighted by Gasteiger charge is 2.18. The first kappa shape index (κ1) is 18.3. The highest BCUT2D eigenvalue weighted by Crippen LogP contribution is 2.35. The molecule has 0 saturated carbocycles. The first-order valence-electron chi connectivity index (χ1n) is 8.86. The molecule has 0 spiro atoms. The molecule has 1 aromatic carbocycles. The van der Waals surface area contributed by atoms with Crippen molar-refractivity contribution < 1.29 is 4.74 Å². The Hall–Kier alpha value is -3.12. The monoisotopic (exact) mass is 393 g/mol. The van der Waals surface area contributed by atoms with Crippen molar-refractivity contribution in [2.45, 2.75) is 20.4 Å². The van der Waals surface area contributed by atoms with Gasteiger partial charge in [0.15, 0.2) is 0 Å². The Labute approximate surface area is 168 Å². The van der Waals surface area contributed by atoms with Crippen molar-refractivity contribution in [1.82, 2.24) is 19.5 Å². The number of fused-ring (bicyclic) bond motifs is 1. The van der Waals surface area contributed by atoms with Crippen LogP contribution in [0.5, 0.6) is 5.75 Å². The largest absolute Gasteiger partial charge is 0.496 e. The topological polar surface area (TPSA) is 78.8 Å². The lowest BCUT2D eigenvalue weighted by Gasteiger charge is -2.13. The van der Waals surface area contributed by atoms with E-state index in [-0.39, 0.29) is 5.95 Å². The zero-order valence-corrected chi connectivity index (χ0v) is 16.7. The summed E-state index contributed by atoms with van der Waals surface area (Å²) < 4.78 is 7.54. The van der Waals surface area contributed by atoms with Gasteiger partial charge in [-0.1, -0.05) is 41.9 Å². The molecule has 3 heterocycles. The Morgan fingerprint density at radius 3 is 2.61 bits per heavy atom. The Kier molecular flexibility index (Phi) is 4.65. The molecule has 0 aliphatic rings. The van der Waals surface area contributed by atoms with Crippen LogP contribution in [0.25, 0.3) is 22.2 Å². The molecule has 0 amide bonds. The summed E-state index contributed by atoms with van der Waals surface area (Å²) in [5.41, 5.74) is 11.4. The van der Waals surface area contributed by atoms with E-state index in [4.69, 9.17) is 22.1 Å². The average molecular weight is 394 g/mol. The maximum Gasteiger partial charge on any atom is 0.223 e. The van der Waals surface area contributed by atoms with Crippen molar-refractivity contribution in [3.8, 4) is 16.9 Å². The average Bonchev–Trinajstić information content (AvgIpc) is 3.04. The van der Waals surface area contributed by atoms with Gasteiger partial charge in [0, 0.05) is 29.1 Å². The van der Waals surface area contributed by atoms with Crippen molar-refractivity contribution in [1.29, 1.82) is 0 Å². The highest BCUT2D eigenvalue weighted by atomic mass is 35.5. The second-order valence-corrected chi connectivity index (χ2v) is 7.01. The van der Waals surface area contributed by atoms with E-state index < -0.39 is 0 Å². The van der Waals surface area contributed by atoms with Crippen LogP contribution in [0.4, 0.5) is 5.95 Å². The van der Waals surface area contributed by atoms with Gasteiger partial charge in [-0.2, -0.15) is 4.98 Å². The van der Waals surface area contributed by atoms with Crippen molar-refractivity contribution in [2.24, 2.45) is 0 Å². The molecular weight excluding hydrogens is 374 g/mol. The first-order valence-corrected chi connectivity index (χ1v) is 9.23. The van der Waals surface area contributed by atoms with Crippen LogP contribution in [0.1, 0.15) is 16.8 Å². The maximum atomic E-state index is 6.45. The van der Waals surface area contributed by atoms with E-state index in [1.54, 1.807) is 7.11 Å². The molecule has 2 N–H and O–H groups in total. The standard InChI is InChI=1S/C21H20ClN5O/c1-12-9-24-16(13(2)18(12)28-3)11-27-10-15(14-7-5-4-6-8-14)17-19(22)25-21(23)26-20(17)27/h4-10H,11H2,1-3H3,(H2,23,25,26). The number of aryl methyl sites for hydroxylation is 1. The van der Waals surface area contributed by atoms with Gasteiger partial charge < -0.3 is 15.0 Å². The molecule has 28 heavy (non-hydrogen) atoms. The zero-order chi connectivity index (χ0) is 19.8. The summed E-state index contributed by atoms with van der Waals surface area (Å²) >= 11 is 6.45. The van der Waals surface area contributed by atoms with Gasteiger partial charge in [0.05, 0.1) is 24.7 Å². The van der Waals surface area contributed by atoms with Gasteiger partial charge in [0.2, 0.25) is 5.95 Å². The molecule has 0 unspecified atom stereocenters. The van der Waals surface area contributed by atoms with E-state index in [0.29, 0.717) is 17.3 Å². The number of nitrogen functional groups attached to an aromatic ring is 1. The predicted molar refractivity (Wildman–Crippen MR) is 112 cm³/mol. The molecule has 4 rings (SSSR count). The lowest BCUT2D eigenvalue weighted by atomic mass is 10.1. The second-order valence-electron chi connectivity index (χ2n) is 6.65. The molecule has 3 aromatic heterocycles. The number of nitrogens with zero attached hydrogens (tertiary/aromatic N) is 4. The fraction of sp³-hybridized carbons (Fsp3) is 0.190. The van der Waals surface area contributed by atoms with E-state index in [0.717, 1.165) is 39.1 Å². The molecule has 0 bridgehead atoms. The molecule has 0 atom stereocenters. The van der Waals surface area contributed by atoms with Crippen LogP contribution in [0.15, 0.2) is 42.7 Å². The molecule has 0 aliphatic carbocycles. The Morgan fingerprint density at radius 1 is 1.14 bits per heavy atom. The third-order valence-electron chi connectivity index (χ3n) is 4.84. The molecule has 0 saturated heterocycles. The van der Waals surface area contributed by atoms with Gasteiger partial charge in [-0.25, -0.2) is 4.98 Å². The van der Waals surface area contributed by atoms with Crippen molar-refractivity contribution in [3.05, 3.63) is 64.7 Å². The number of hydrogen-bond donors (Lipinski definition) is 1. The van der Waals surface area contributed by atoms with Gasteiger partial charge in [-0.15, -0.1) is 0 Å². The second kappa shape index (κ2) is 7.13. The Morgan fingerprint density at radius 2 is 1.89 bits per heavy atom. The number of methoxy groups -OCH3 is 1. The van der Waals surface area contributed by atoms with Crippen LogP contribution in [0, 0.1) is 13.8 Å². The minimum absolute atomic E-state index is 0.141. The first-order chi connectivity index (χ1) is 13.5. The number of benzene rings is 1. The summed E-state index contributed by atoms with van der Waals surface area (Å²) in [5.74, 6) is 0.986. The highest BCUT2D eigenvalue weighted by molar-refractivity contribution is 6.35. The number of ether oxygens (including phenoxy) is 1. The van der Waals surface area contributed by atoms with Crippen LogP contribution in [0.2, 0.25) is 5.15 Å². The molecular formula is C21H20ClN5O. The van der Waals surface area contributed by atoms with E-state index in [1.807, 2.05) is 61.1 Å². The fourth-order valence-electron chi connectivity index (χ4n) is 3.51. The molecule has 4 aromatic rings. The van der Waals surface area contributed by atoms with Crippen LogP contribution in [0.3, 0.4) is 0 Å². The number of rotatable bonds is 4. The molecule has 0 aliphatic heterocycles. The number of halogens is 1. The summed E-state index contributed by atoms with van der Waals surface area (Å²) in [6, 6.07) is 10.0. The third kappa shape index (κ3) is 3.05. The van der Waals surface area contributed by atoms with Gasteiger partial charge in [-0.3, -0.25) is 4.98 Å². The zero-order valence-electron chi connectivity index (χ0n) is 15.9. The lowest BCUT2D eigenvalue weighted by molar-refractivity contribution is 0.406. The van der Waals surface area contributed by atoms with Crippen LogP contribution < -0.4 is 10.5 Å². The Balaban J connectivity index is 1.91. The quantitative estimate of drug-likeness (QED) is 0.520. The number of anilines is 1. The molecule has 142 valence electrons. The van der Waals surface area contributed by atoms with Gasteiger partial charge in [-0.05, 0) is 19.4 Å². The van der Waals surface area contributed by atoms with Crippen molar-refractivity contribution in [2.75, 3.05) is 12.8 Å². The van der Waals surface area contributed by atoms with Gasteiger partial charge in [0.25, 0.3) is 0 Å². The van der Waals surface area contributed by atoms with Crippen LogP contribution in [-0.4, -0.2) is 26.6 Å². The summed E-state index contributed by atoms with van der Waals surface area (Å²) in [7, 11) is 1.67. The number of aromatic nitrogens is 4. The smallest absolute Gasteiger partial charge is 0.223 e. The SMILES string of the molecule is COc1c(C)cnc(Cn2cc(-c3ccccc3)c3c(Cl)nc(N)nc32)c1C. The summed E-state index contributed by atoms with van der Waals surface area (Å²) in [6.07, 6.45) is 3.84. The van der Waals surface area contributed by atoms with Crippen molar-refractivity contribution in [3.63, 3.8) is 0 Å². The number of pyridine rings is 1. The minimum atomic E-state index is 0.141. The summed E-state index contributed by atoms with van der Waals surface area (Å²) in [4.78, 5) is 13.2. The third-order valence-corrected chi connectivity index (χ3v) is 5.12. The van der Waals surface area contributed by atoms with Gasteiger partial charge in [0.1, 0.15) is 16.5 Å². The number of hydrogen-bond acceptors (Lipinski definition) is 5.